The molecule has 0 aliphatic carbocycles. The summed E-state index contributed by atoms with van der Waals surface area (Å²) in [6, 6.07) is 13.5. The van der Waals surface area contributed by atoms with E-state index in [1.807, 2.05) is 12.1 Å². The molecule has 2 aromatic carbocycles. The van der Waals surface area contributed by atoms with Crippen LogP contribution in [0.5, 0.6) is 0 Å². The summed E-state index contributed by atoms with van der Waals surface area (Å²) in [5.41, 5.74) is 4.79. The second-order valence-corrected chi connectivity index (χ2v) is 6.50. The summed E-state index contributed by atoms with van der Waals surface area (Å²) >= 11 is 0. The fourth-order valence-corrected chi connectivity index (χ4v) is 3.06. The van der Waals surface area contributed by atoms with Crippen LogP contribution in [0.2, 0.25) is 0 Å². The normalized spacial score (nSPS) is 14.7. The van der Waals surface area contributed by atoms with Crippen molar-refractivity contribution in [3.63, 3.8) is 0 Å². The zero-order valence-electron chi connectivity index (χ0n) is 15.0. The van der Waals surface area contributed by atoms with Crippen LogP contribution in [0, 0.1) is 10.1 Å². The Balaban J connectivity index is 1.55. The van der Waals surface area contributed by atoms with Gasteiger partial charge in [0.25, 0.3) is 11.6 Å². The standard InChI is InChI=1S/C20H22N4O3/c25-20(17-7-11-19(12-8-17)24(26)27)22-21-15-16-5-9-18(10-6-16)23-13-3-1-2-4-14-23/h5-12,15H,1-4,13-14H2,(H,22,25)/b21-15-. The number of benzene rings is 2. The van der Waals surface area contributed by atoms with E-state index in [1.54, 1.807) is 6.21 Å². The largest absolute Gasteiger partial charge is 0.372 e. The van der Waals surface area contributed by atoms with E-state index in [0.717, 1.165) is 18.7 Å². The average molecular weight is 366 g/mol. The van der Waals surface area contributed by atoms with Crippen molar-refractivity contribution in [3.8, 4) is 0 Å². The first-order chi connectivity index (χ1) is 13.1. The molecule has 2 aromatic rings. The van der Waals surface area contributed by atoms with Gasteiger partial charge in [0.05, 0.1) is 11.1 Å². The Morgan fingerprint density at radius 3 is 2.22 bits per heavy atom. The second kappa shape index (κ2) is 8.93. The average Bonchev–Trinajstić information content (AvgIpc) is 2.98. The number of carbonyl (C=O) groups is 1. The zero-order chi connectivity index (χ0) is 19.1. The van der Waals surface area contributed by atoms with Crippen molar-refractivity contribution < 1.29 is 9.72 Å². The highest BCUT2D eigenvalue weighted by molar-refractivity contribution is 5.95. The maximum absolute atomic E-state index is 12.0. The van der Waals surface area contributed by atoms with E-state index < -0.39 is 10.8 Å². The van der Waals surface area contributed by atoms with E-state index in [4.69, 9.17) is 0 Å². The van der Waals surface area contributed by atoms with Gasteiger partial charge in [-0.1, -0.05) is 25.0 Å². The molecule has 7 nitrogen and oxygen atoms in total. The summed E-state index contributed by atoms with van der Waals surface area (Å²) in [6.07, 6.45) is 6.65. The van der Waals surface area contributed by atoms with Gasteiger partial charge in [0.15, 0.2) is 0 Å². The summed E-state index contributed by atoms with van der Waals surface area (Å²) in [5, 5.41) is 14.6. The number of carbonyl (C=O) groups excluding carboxylic acids is 1. The van der Waals surface area contributed by atoms with Crippen LogP contribution in [0.15, 0.2) is 53.6 Å². The molecule has 1 fully saturated rings. The number of nitro groups is 1. The summed E-state index contributed by atoms with van der Waals surface area (Å²) in [7, 11) is 0. The minimum Gasteiger partial charge on any atom is -0.372 e. The molecule has 0 unspecified atom stereocenters. The van der Waals surface area contributed by atoms with Crippen molar-refractivity contribution in [2.45, 2.75) is 25.7 Å². The molecule has 0 saturated carbocycles. The third-order valence-electron chi connectivity index (χ3n) is 4.58. The Bertz CT molecular complexity index is 808. The Morgan fingerprint density at radius 2 is 1.63 bits per heavy atom. The molecule has 3 rings (SSSR count). The maximum Gasteiger partial charge on any atom is 0.271 e. The Labute approximate surface area is 157 Å². The lowest BCUT2D eigenvalue weighted by molar-refractivity contribution is -0.384. The molecule has 140 valence electrons. The minimum absolute atomic E-state index is 0.0560. The van der Waals surface area contributed by atoms with Crippen LogP contribution < -0.4 is 10.3 Å². The molecule has 27 heavy (non-hydrogen) atoms. The molecular weight excluding hydrogens is 344 g/mol. The van der Waals surface area contributed by atoms with E-state index in [2.05, 4.69) is 27.6 Å². The quantitative estimate of drug-likeness (QED) is 0.496. The first-order valence-corrected chi connectivity index (χ1v) is 9.06. The van der Waals surface area contributed by atoms with Gasteiger partial charge in [0.1, 0.15) is 0 Å². The highest BCUT2D eigenvalue weighted by atomic mass is 16.6. The van der Waals surface area contributed by atoms with Gasteiger partial charge in [-0.25, -0.2) is 5.43 Å². The third-order valence-corrected chi connectivity index (χ3v) is 4.58. The predicted molar refractivity (Wildman–Crippen MR) is 105 cm³/mol. The number of nitrogens with zero attached hydrogens (tertiary/aromatic N) is 3. The highest BCUT2D eigenvalue weighted by Gasteiger charge is 2.10. The van der Waals surface area contributed by atoms with Crippen LogP contribution in [-0.2, 0) is 0 Å². The number of nitrogens with one attached hydrogen (secondary N) is 1. The maximum atomic E-state index is 12.0. The van der Waals surface area contributed by atoms with Gasteiger partial charge in [-0.15, -0.1) is 0 Å². The number of hydrogen-bond donors (Lipinski definition) is 1. The molecule has 1 heterocycles. The first kappa shape index (κ1) is 18.6. The number of rotatable bonds is 5. The van der Waals surface area contributed by atoms with Crippen molar-refractivity contribution in [2.75, 3.05) is 18.0 Å². The van der Waals surface area contributed by atoms with Gasteiger partial charge in [-0.2, -0.15) is 5.10 Å². The number of hydrogen-bond acceptors (Lipinski definition) is 5. The third kappa shape index (κ3) is 5.13. The SMILES string of the molecule is O=C(N/N=C\c1ccc(N2CCCCCC2)cc1)c1ccc([N+](=O)[O-])cc1. The highest BCUT2D eigenvalue weighted by Crippen LogP contribution is 2.19. The van der Waals surface area contributed by atoms with Crippen LogP contribution in [0.3, 0.4) is 0 Å². The molecule has 1 N–H and O–H groups in total. The smallest absolute Gasteiger partial charge is 0.271 e. The minimum atomic E-state index is -0.505. The molecule has 0 bridgehead atoms. The zero-order valence-corrected chi connectivity index (χ0v) is 15.0. The van der Waals surface area contributed by atoms with Gasteiger partial charge >= 0.3 is 0 Å². The van der Waals surface area contributed by atoms with Gasteiger partial charge in [-0.3, -0.25) is 14.9 Å². The fraction of sp³-hybridized carbons (Fsp3) is 0.300. The Morgan fingerprint density at radius 1 is 1.00 bits per heavy atom. The number of nitro benzene ring substituents is 1. The Kier molecular flexibility index (Phi) is 6.14. The molecule has 1 aliphatic heterocycles. The lowest BCUT2D eigenvalue weighted by Gasteiger charge is -2.22. The van der Waals surface area contributed by atoms with Gasteiger partial charge in [0.2, 0.25) is 0 Å². The molecule has 0 atom stereocenters. The molecule has 1 amide bonds. The first-order valence-electron chi connectivity index (χ1n) is 9.06. The van der Waals surface area contributed by atoms with E-state index in [9.17, 15) is 14.9 Å². The van der Waals surface area contributed by atoms with Gasteiger partial charge < -0.3 is 4.90 Å². The van der Waals surface area contributed by atoms with Crippen molar-refractivity contribution in [2.24, 2.45) is 5.10 Å². The lowest BCUT2D eigenvalue weighted by Crippen LogP contribution is -2.23. The Hall–Kier alpha value is -3.22. The molecule has 0 aromatic heterocycles. The molecule has 0 spiro atoms. The van der Waals surface area contributed by atoms with Gasteiger partial charge in [0, 0.05) is 36.5 Å². The van der Waals surface area contributed by atoms with E-state index >= 15 is 0 Å². The van der Waals surface area contributed by atoms with Crippen LogP contribution in [0.4, 0.5) is 11.4 Å². The van der Waals surface area contributed by atoms with Crippen molar-refractivity contribution in [1.29, 1.82) is 0 Å². The molecule has 0 radical (unpaired) electrons. The fourth-order valence-electron chi connectivity index (χ4n) is 3.06. The monoisotopic (exact) mass is 366 g/mol. The lowest BCUT2D eigenvalue weighted by atomic mass is 10.2. The number of anilines is 1. The number of hydrazone groups is 1. The van der Waals surface area contributed by atoms with Crippen LogP contribution in [0.25, 0.3) is 0 Å². The summed E-state index contributed by atoms with van der Waals surface area (Å²) < 4.78 is 0. The van der Waals surface area contributed by atoms with Crippen LogP contribution >= 0.6 is 0 Å². The molecule has 1 aliphatic rings. The molecular formula is C20H22N4O3. The predicted octanol–water partition coefficient (Wildman–Crippen LogP) is 3.74. The van der Waals surface area contributed by atoms with E-state index in [1.165, 1.54) is 55.6 Å². The second-order valence-electron chi connectivity index (χ2n) is 6.50. The summed E-state index contributed by atoms with van der Waals surface area (Å²) in [6.45, 7) is 2.19. The van der Waals surface area contributed by atoms with E-state index in [-0.39, 0.29) is 5.69 Å². The number of amides is 1. The topological polar surface area (TPSA) is 87.8 Å². The molecule has 7 heteroatoms. The van der Waals surface area contributed by atoms with Crippen LogP contribution in [0.1, 0.15) is 41.6 Å². The summed E-state index contributed by atoms with van der Waals surface area (Å²) in [4.78, 5) is 24.5. The van der Waals surface area contributed by atoms with Crippen molar-refractivity contribution in [3.05, 3.63) is 69.8 Å². The van der Waals surface area contributed by atoms with Crippen molar-refractivity contribution >= 4 is 23.5 Å². The number of non-ortho nitro benzene ring substituents is 1. The van der Waals surface area contributed by atoms with Crippen LogP contribution in [-0.4, -0.2) is 30.1 Å². The van der Waals surface area contributed by atoms with Gasteiger partial charge in [-0.05, 0) is 42.7 Å². The van der Waals surface area contributed by atoms with Crippen molar-refractivity contribution in [1.82, 2.24) is 5.43 Å². The molecule has 1 saturated heterocycles. The van der Waals surface area contributed by atoms with E-state index in [0.29, 0.717) is 5.56 Å². The summed E-state index contributed by atoms with van der Waals surface area (Å²) in [5.74, 6) is -0.415.